The minimum absolute atomic E-state index is 0.0750. The van der Waals surface area contributed by atoms with Gasteiger partial charge in [-0.25, -0.2) is 0 Å². The largest absolute Gasteiger partial charge is 0.339 e. The minimum Gasteiger partial charge on any atom is -0.339 e. The number of carbonyl (C=O) groups is 1. The van der Waals surface area contributed by atoms with Crippen LogP contribution in [0, 0.1) is 0 Å². The first-order valence-electron chi connectivity index (χ1n) is 6.22. The summed E-state index contributed by atoms with van der Waals surface area (Å²) in [6, 6.07) is 9.18. The lowest BCUT2D eigenvalue weighted by Crippen LogP contribution is -2.30. The molecule has 1 aromatic heterocycles. The fraction of sp³-hybridized carbons (Fsp3) is 0.267. The van der Waals surface area contributed by atoms with Crippen molar-refractivity contribution in [2.45, 2.75) is 19.4 Å². The molecule has 1 heterocycles. The second kappa shape index (κ2) is 6.61. The summed E-state index contributed by atoms with van der Waals surface area (Å²) in [6.07, 6.45) is 0.420. The van der Waals surface area contributed by atoms with Crippen LogP contribution in [0.3, 0.4) is 0 Å². The lowest BCUT2D eigenvalue weighted by atomic mass is 10.1. The molecule has 0 fully saturated rings. The van der Waals surface area contributed by atoms with Gasteiger partial charge in [-0.05, 0) is 36.1 Å². The van der Waals surface area contributed by atoms with Crippen LogP contribution < -0.4 is 0 Å². The summed E-state index contributed by atoms with van der Waals surface area (Å²) < 4.78 is 0. The van der Waals surface area contributed by atoms with E-state index < -0.39 is 0 Å². The molecule has 5 heteroatoms. The highest BCUT2D eigenvalue weighted by Crippen LogP contribution is 2.29. The molecule has 2 nitrogen and oxygen atoms in total. The van der Waals surface area contributed by atoms with Gasteiger partial charge < -0.3 is 4.90 Å². The molecule has 0 aliphatic carbocycles. The van der Waals surface area contributed by atoms with Crippen molar-refractivity contribution < 1.29 is 4.79 Å². The van der Waals surface area contributed by atoms with E-state index in [4.69, 9.17) is 23.2 Å². The van der Waals surface area contributed by atoms with E-state index in [-0.39, 0.29) is 11.9 Å². The molecular formula is C15H15Cl2NOS. The molecule has 2 aromatic rings. The van der Waals surface area contributed by atoms with E-state index in [0.29, 0.717) is 16.5 Å². The number of thiophene rings is 1. The molecule has 0 saturated carbocycles. The summed E-state index contributed by atoms with van der Waals surface area (Å²) >= 11 is 13.7. The summed E-state index contributed by atoms with van der Waals surface area (Å²) in [5.74, 6) is 0.0750. The molecular weight excluding hydrogens is 313 g/mol. The predicted molar refractivity (Wildman–Crippen MR) is 85.7 cm³/mol. The van der Waals surface area contributed by atoms with E-state index in [1.165, 1.54) is 0 Å². The van der Waals surface area contributed by atoms with Gasteiger partial charge in [0.05, 0.1) is 12.5 Å². The number of amides is 1. The Morgan fingerprint density at radius 1 is 1.35 bits per heavy atom. The van der Waals surface area contributed by atoms with Crippen molar-refractivity contribution in [3.63, 3.8) is 0 Å². The highest BCUT2D eigenvalue weighted by atomic mass is 35.5. The molecule has 0 aliphatic heterocycles. The molecule has 1 atom stereocenters. The second-order valence-corrected chi connectivity index (χ2v) is 6.48. The van der Waals surface area contributed by atoms with Gasteiger partial charge in [-0.3, -0.25) is 4.79 Å². The van der Waals surface area contributed by atoms with Crippen molar-refractivity contribution in [1.29, 1.82) is 0 Å². The number of hydrogen-bond acceptors (Lipinski definition) is 2. The van der Waals surface area contributed by atoms with E-state index in [1.54, 1.807) is 35.4 Å². The van der Waals surface area contributed by atoms with Gasteiger partial charge in [0, 0.05) is 22.0 Å². The van der Waals surface area contributed by atoms with Crippen LogP contribution >= 0.6 is 34.5 Å². The lowest BCUT2D eigenvalue weighted by molar-refractivity contribution is -0.131. The molecule has 0 bridgehead atoms. The molecule has 0 radical (unpaired) electrons. The highest BCUT2D eigenvalue weighted by molar-refractivity contribution is 7.10. The smallest absolute Gasteiger partial charge is 0.228 e. The van der Waals surface area contributed by atoms with Crippen LogP contribution in [0.2, 0.25) is 10.0 Å². The van der Waals surface area contributed by atoms with Gasteiger partial charge in [-0.1, -0.05) is 35.3 Å². The van der Waals surface area contributed by atoms with Crippen LogP contribution in [0.4, 0.5) is 0 Å². The number of nitrogens with zero attached hydrogens (tertiary/aromatic N) is 1. The van der Waals surface area contributed by atoms with Crippen LogP contribution in [-0.4, -0.2) is 17.9 Å². The Bertz CT molecular complexity index is 598. The zero-order valence-corrected chi connectivity index (χ0v) is 13.6. The van der Waals surface area contributed by atoms with Crippen LogP contribution in [0.1, 0.15) is 23.4 Å². The average Bonchev–Trinajstić information content (AvgIpc) is 2.90. The summed E-state index contributed by atoms with van der Waals surface area (Å²) in [6.45, 7) is 1.96. The van der Waals surface area contributed by atoms with Gasteiger partial charge in [0.25, 0.3) is 0 Å². The van der Waals surface area contributed by atoms with E-state index in [9.17, 15) is 4.79 Å². The molecule has 0 aliphatic rings. The van der Waals surface area contributed by atoms with Crippen LogP contribution in [0.5, 0.6) is 0 Å². The Morgan fingerprint density at radius 2 is 2.10 bits per heavy atom. The van der Waals surface area contributed by atoms with Gasteiger partial charge in [0.2, 0.25) is 5.91 Å². The average molecular weight is 328 g/mol. The maximum Gasteiger partial charge on any atom is 0.228 e. The molecule has 106 valence electrons. The molecule has 0 spiro atoms. The van der Waals surface area contributed by atoms with Crippen molar-refractivity contribution in [3.8, 4) is 0 Å². The first kappa shape index (κ1) is 15.4. The third-order valence-electron chi connectivity index (χ3n) is 3.29. The quantitative estimate of drug-likeness (QED) is 0.788. The SMILES string of the molecule is C[C@@H](c1ccc(Cl)cc1Cl)N(C)C(=O)Cc1cccs1. The van der Waals surface area contributed by atoms with Crippen LogP contribution in [0.25, 0.3) is 0 Å². The summed E-state index contributed by atoms with van der Waals surface area (Å²) in [5.41, 5.74) is 0.901. The summed E-state index contributed by atoms with van der Waals surface area (Å²) in [4.78, 5) is 15.0. The normalized spacial score (nSPS) is 12.2. The molecule has 0 saturated heterocycles. The predicted octanol–water partition coefficient (Wildman–Crippen LogP) is 4.82. The highest BCUT2D eigenvalue weighted by Gasteiger charge is 2.20. The van der Waals surface area contributed by atoms with Crippen molar-refractivity contribution in [2.75, 3.05) is 7.05 Å². The Kier molecular flexibility index (Phi) is 5.08. The van der Waals surface area contributed by atoms with Crippen molar-refractivity contribution in [1.82, 2.24) is 4.90 Å². The minimum atomic E-state index is -0.0905. The molecule has 1 amide bonds. The number of hydrogen-bond donors (Lipinski definition) is 0. The Labute approximate surface area is 132 Å². The van der Waals surface area contributed by atoms with E-state index in [2.05, 4.69) is 0 Å². The van der Waals surface area contributed by atoms with E-state index in [0.717, 1.165) is 10.4 Å². The maximum absolute atomic E-state index is 12.3. The third-order valence-corrected chi connectivity index (χ3v) is 4.73. The van der Waals surface area contributed by atoms with E-state index in [1.807, 2.05) is 30.5 Å². The van der Waals surface area contributed by atoms with E-state index >= 15 is 0 Å². The molecule has 20 heavy (non-hydrogen) atoms. The summed E-state index contributed by atoms with van der Waals surface area (Å²) in [5, 5.41) is 3.15. The molecule has 0 N–H and O–H groups in total. The molecule has 2 rings (SSSR count). The fourth-order valence-corrected chi connectivity index (χ4v) is 3.21. The van der Waals surface area contributed by atoms with Crippen molar-refractivity contribution >= 4 is 40.4 Å². The first-order valence-corrected chi connectivity index (χ1v) is 7.85. The molecule has 1 aromatic carbocycles. The monoisotopic (exact) mass is 327 g/mol. The topological polar surface area (TPSA) is 20.3 Å². The number of rotatable bonds is 4. The van der Waals surface area contributed by atoms with Crippen molar-refractivity contribution in [2.24, 2.45) is 0 Å². The lowest BCUT2D eigenvalue weighted by Gasteiger charge is -2.26. The first-order chi connectivity index (χ1) is 9.49. The maximum atomic E-state index is 12.3. The second-order valence-electron chi connectivity index (χ2n) is 4.60. The Morgan fingerprint density at radius 3 is 2.70 bits per heavy atom. The van der Waals surface area contributed by atoms with Gasteiger partial charge in [-0.2, -0.15) is 0 Å². The third kappa shape index (κ3) is 3.54. The van der Waals surface area contributed by atoms with Crippen LogP contribution in [-0.2, 0) is 11.2 Å². The molecule has 0 unspecified atom stereocenters. The number of halogens is 2. The zero-order valence-electron chi connectivity index (χ0n) is 11.3. The Hall–Kier alpha value is -1.03. The van der Waals surface area contributed by atoms with Crippen LogP contribution in [0.15, 0.2) is 35.7 Å². The number of likely N-dealkylation sites (N-methyl/N-ethyl adjacent to an activating group) is 1. The standard InChI is InChI=1S/C15H15Cl2NOS/c1-10(13-6-5-11(16)8-14(13)17)18(2)15(19)9-12-4-3-7-20-12/h3-8,10H,9H2,1-2H3/t10-/m0/s1. The van der Waals surface area contributed by atoms with Gasteiger partial charge in [0.1, 0.15) is 0 Å². The zero-order chi connectivity index (χ0) is 14.7. The van der Waals surface area contributed by atoms with Gasteiger partial charge in [0.15, 0.2) is 0 Å². The van der Waals surface area contributed by atoms with Crippen molar-refractivity contribution in [3.05, 3.63) is 56.2 Å². The van der Waals surface area contributed by atoms with Gasteiger partial charge >= 0.3 is 0 Å². The fourth-order valence-electron chi connectivity index (χ4n) is 1.95. The van der Waals surface area contributed by atoms with Gasteiger partial charge in [-0.15, -0.1) is 11.3 Å². The Balaban J connectivity index is 2.11. The number of carbonyl (C=O) groups excluding carboxylic acids is 1. The number of benzene rings is 1. The summed E-state index contributed by atoms with van der Waals surface area (Å²) in [7, 11) is 1.80.